The third kappa shape index (κ3) is 3.72. The lowest BCUT2D eigenvalue weighted by Crippen LogP contribution is -2.44. The second kappa shape index (κ2) is 8.68. The van der Waals surface area contributed by atoms with E-state index in [-0.39, 0.29) is 12.1 Å². The number of rotatable bonds is 6. The summed E-state index contributed by atoms with van der Waals surface area (Å²) in [6.45, 7) is 11.1. The molecule has 4 aromatic rings. The summed E-state index contributed by atoms with van der Waals surface area (Å²) in [5.41, 5.74) is 4.31. The van der Waals surface area contributed by atoms with Crippen LogP contribution in [0.4, 0.5) is 5.82 Å². The Labute approximate surface area is 192 Å². The fraction of sp³-hybridized carbons (Fsp3) is 0.522. The Kier molecular flexibility index (Phi) is 5.71. The summed E-state index contributed by atoms with van der Waals surface area (Å²) in [5.74, 6) is 2.54. The lowest BCUT2D eigenvalue weighted by atomic mass is 10.2. The van der Waals surface area contributed by atoms with Crippen molar-refractivity contribution in [2.75, 3.05) is 38.4 Å². The van der Waals surface area contributed by atoms with Crippen molar-refractivity contribution in [3.8, 4) is 11.5 Å². The van der Waals surface area contributed by atoms with Crippen molar-refractivity contribution in [2.45, 2.75) is 46.2 Å². The standard InChI is InChI=1S/C23H30N8O2/c1-6-17-23-28-27-16(4)30(23)11-19(25-17)22-26-18-10-24-21(29-7-8-33-13-14(29)2)9-20(18)31(22)15(3)12-32-5/h9-11,14-15H,6-8,12-13H2,1-5H3/t14-,15-/m0/s1. The monoisotopic (exact) mass is 450 g/mol. The van der Waals surface area contributed by atoms with Gasteiger partial charge in [0.2, 0.25) is 0 Å². The number of morpholine rings is 1. The molecule has 0 unspecified atom stereocenters. The van der Waals surface area contributed by atoms with Gasteiger partial charge in [0.1, 0.15) is 22.9 Å². The van der Waals surface area contributed by atoms with Crippen LogP contribution in [0.1, 0.15) is 38.3 Å². The zero-order valence-corrected chi connectivity index (χ0v) is 19.8. The molecule has 0 saturated carbocycles. The van der Waals surface area contributed by atoms with E-state index in [1.54, 1.807) is 7.11 Å². The molecule has 0 bridgehead atoms. The molecule has 0 radical (unpaired) electrons. The fourth-order valence-corrected chi connectivity index (χ4v) is 4.57. The maximum absolute atomic E-state index is 5.61. The predicted octanol–water partition coefficient (Wildman–Crippen LogP) is 2.84. The summed E-state index contributed by atoms with van der Waals surface area (Å²) < 4.78 is 15.3. The van der Waals surface area contributed by atoms with Gasteiger partial charge < -0.3 is 18.9 Å². The van der Waals surface area contributed by atoms with Crippen LogP contribution in [0.15, 0.2) is 18.5 Å². The van der Waals surface area contributed by atoms with Gasteiger partial charge in [-0.15, -0.1) is 10.2 Å². The highest BCUT2D eigenvalue weighted by Crippen LogP contribution is 2.31. The van der Waals surface area contributed by atoms with E-state index in [1.807, 2.05) is 23.7 Å². The van der Waals surface area contributed by atoms with E-state index in [0.29, 0.717) is 19.8 Å². The first-order valence-electron chi connectivity index (χ1n) is 11.4. The van der Waals surface area contributed by atoms with E-state index >= 15 is 0 Å². The molecule has 1 fully saturated rings. The second-order valence-corrected chi connectivity index (χ2v) is 8.63. The van der Waals surface area contributed by atoms with Gasteiger partial charge in [-0.2, -0.15) is 0 Å². The van der Waals surface area contributed by atoms with Crippen LogP contribution >= 0.6 is 0 Å². The van der Waals surface area contributed by atoms with Crippen LogP contribution in [0.5, 0.6) is 0 Å². The molecule has 10 heteroatoms. The zero-order chi connectivity index (χ0) is 23.1. The largest absolute Gasteiger partial charge is 0.383 e. The minimum absolute atomic E-state index is 0.0527. The summed E-state index contributed by atoms with van der Waals surface area (Å²) >= 11 is 0. The van der Waals surface area contributed by atoms with Crippen LogP contribution < -0.4 is 4.90 Å². The van der Waals surface area contributed by atoms with E-state index in [1.165, 1.54) is 0 Å². The van der Waals surface area contributed by atoms with Gasteiger partial charge in [0, 0.05) is 25.9 Å². The number of nitrogens with zero attached hydrogens (tertiary/aromatic N) is 8. The average molecular weight is 451 g/mol. The molecule has 5 heterocycles. The van der Waals surface area contributed by atoms with Gasteiger partial charge >= 0.3 is 0 Å². The molecular formula is C23H30N8O2. The maximum atomic E-state index is 5.61. The Morgan fingerprint density at radius 1 is 1.27 bits per heavy atom. The van der Waals surface area contributed by atoms with Gasteiger partial charge in [-0.1, -0.05) is 6.92 Å². The molecule has 1 aliphatic heterocycles. The highest BCUT2D eigenvalue weighted by atomic mass is 16.5. The molecule has 33 heavy (non-hydrogen) atoms. The number of aromatic nitrogens is 7. The molecule has 0 N–H and O–H groups in total. The van der Waals surface area contributed by atoms with E-state index < -0.39 is 0 Å². The molecular weight excluding hydrogens is 420 g/mol. The normalized spacial score (nSPS) is 17.8. The number of aryl methyl sites for hydroxylation is 2. The molecule has 1 saturated heterocycles. The summed E-state index contributed by atoms with van der Waals surface area (Å²) in [6, 6.07) is 2.45. The second-order valence-electron chi connectivity index (χ2n) is 8.63. The van der Waals surface area contributed by atoms with Gasteiger partial charge in [-0.25, -0.2) is 15.0 Å². The van der Waals surface area contributed by atoms with Gasteiger partial charge in [-0.3, -0.25) is 4.40 Å². The number of pyridine rings is 1. The SMILES string of the molecule is CCc1nc(-c2nc3cnc(N4CCOC[C@@H]4C)cc3n2[C@@H](C)COC)cn2c(C)nnc12. The number of methoxy groups -OCH3 is 1. The minimum atomic E-state index is 0.0527. The fourth-order valence-electron chi connectivity index (χ4n) is 4.57. The van der Waals surface area contributed by atoms with Crippen LogP contribution in [-0.2, 0) is 15.9 Å². The van der Waals surface area contributed by atoms with Crippen LogP contribution in [0.3, 0.4) is 0 Å². The highest BCUT2D eigenvalue weighted by molar-refractivity contribution is 5.82. The van der Waals surface area contributed by atoms with Crippen molar-refractivity contribution in [1.82, 2.24) is 34.1 Å². The summed E-state index contributed by atoms with van der Waals surface area (Å²) in [4.78, 5) is 16.9. The van der Waals surface area contributed by atoms with Crippen molar-refractivity contribution >= 4 is 22.5 Å². The van der Waals surface area contributed by atoms with Gasteiger partial charge in [0.05, 0.1) is 49.3 Å². The number of hydrogen-bond donors (Lipinski definition) is 0. The van der Waals surface area contributed by atoms with Crippen molar-refractivity contribution in [3.05, 3.63) is 30.0 Å². The van der Waals surface area contributed by atoms with Crippen molar-refractivity contribution in [3.63, 3.8) is 0 Å². The maximum Gasteiger partial charge on any atom is 0.182 e. The molecule has 10 nitrogen and oxygen atoms in total. The lowest BCUT2D eigenvalue weighted by molar-refractivity contribution is 0.0985. The number of ether oxygens (including phenoxy) is 2. The Morgan fingerprint density at radius 2 is 2.12 bits per heavy atom. The molecule has 0 amide bonds. The predicted molar refractivity (Wildman–Crippen MR) is 126 cm³/mol. The van der Waals surface area contributed by atoms with E-state index in [4.69, 9.17) is 24.4 Å². The summed E-state index contributed by atoms with van der Waals surface area (Å²) in [6.07, 6.45) is 4.58. The first-order chi connectivity index (χ1) is 16.0. The van der Waals surface area contributed by atoms with Gasteiger partial charge in [0.15, 0.2) is 11.5 Å². The van der Waals surface area contributed by atoms with E-state index in [9.17, 15) is 0 Å². The molecule has 0 spiro atoms. The van der Waals surface area contributed by atoms with Crippen LogP contribution in [-0.4, -0.2) is 73.6 Å². The van der Waals surface area contributed by atoms with Gasteiger partial charge in [0.25, 0.3) is 0 Å². The van der Waals surface area contributed by atoms with Crippen molar-refractivity contribution in [1.29, 1.82) is 0 Å². The van der Waals surface area contributed by atoms with Crippen LogP contribution in [0.2, 0.25) is 0 Å². The topological polar surface area (TPSA) is 95.5 Å². The smallest absolute Gasteiger partial charge is 0.182 e. The molecule has 2 atom stereocenters. The summed E-state index contributed by atoms with van der Waals surface area (Å²) in [5, 5.41) is 8.54. The van der Waals surface area contributed by atoms with E-state index in [0.717, 1.165) is 58.5 Å². The number of anilines is 1. The Balaban J connectivity index is 1.71. The molecule has 4 aromatic heterocycles. The molecule has 174 valence electrons. The number of imidazole rings is 1. The minimum Gasteiger partial charge on any atom is -0.383 e. The Bertz CT molecular complexity index is 1300. The molecule has 1 aliphatic rings. The highest BCUT2D eigenvalue weighted by Gasteiger charge is 2.24. The van der Waals surface area contributed by atoms with Crippen LogP contribution in [0, 0.1) is 6.92 Å². The quantitative estimate of drug-likeness (QED) is 0.443. The zero-order valence-electron chi connectivity index (χ0n) is 19.8. The first-order valence-corrected chi connectivity index (χ1v) is 11.4. The summed E-state index contributed by atoms with van der Waals surface area (Å²) in [7, 11) is 1.72. The van der Waals surface area contributed by atoms with Crippen molar-refractivity contribution in [2.24, 2.45) is 0 Å². The molecule has 0 aromatic carbocycles. The number of fused-ring (bicyclic) bond motifs is 2. The van der Waals surface area contributed by atoms with E-state index in [2.05, 4.69) is 46.5 Å². The molecule has 5 rings (SSSR count). The van der Waals surface area contributed by atoms with Crippen molar-refractivity contribution < 1.29 is 9.47 Å². The lowest BCUT2D eigenvalue weighted by Gasteiger charge is -2.34. The van der Waals surface area contributed by atoms with Gasteiger partial charge in [-0.05, 0) is 27.2 Å². The third-order valence-corrected chi connectivity index (χ3v) is 6.27. The Morgan fingerprint density at radius 3 is 2.88 bits per heavy atom. The number of hydrogen-bond acceptors (Lipinski definition) is 8. The Hall–Kier alpha value is -3.11. The molecule has 0 aliphatic carbocycles. The van der Waals surface area contributed by atoms with Crippen LogP contribution in [0.25, 0.3) is 28.2 Å². The third-order valence-electron chi connectivity index (χ3n) is 6.27. The first kappa shape index (κ1) is 21.7. The average Bonchev–Trinajstić information content (AvgIpc) is 3.39.